The van der Waals surface area contributed by atoms with E-state index in [1.165, 1.54) is 11.3 Å². The summed E-state index contributed by atoms with van der Waals surface area (Å²) in [4.78, 5) is 38.1. The molecule has 0 saturated heterocycles. The topological polar surface area (TPSA) is 109 Å². The van der Waals surface area contributed by atoms with Gasteiger partial charge in [-0.1, -0.05) is 12.1 Å². The predicted octanol–water partition coefficient (Wildman–Crippen LogP) is 4.97. The van der Waals surface area contributed by atoms with Crippen molar-refractivity contribution in [1.82, 2.24) is 20.3 Å². The van der Waals surface area contributed by atoms with Crippen LogP contribution in [0.5, 0.6) is 11.5 Å². The van der Waals surface area contributed by atoms with Gasteiger partial charge < -0.3 is 20.4 Å². The maximum atomic E-state index is 12.8. The van der Waals surface area contributed by atoms with Gasteiger partial charge in [0, 0.05) is 22.2 Å². The molecule has 0 saturated carbocycles. The highest BCUT2D eigenvalue weighted by molar-refractivity contribution is 7.15. The van der Waals surface area contributed by atoms with Crippen molar-refractivity contribution < 1.29 is 14.3 Å². The van der Waals surface area contributed by atoms with Crippen LogP contribution in [0.3, 0.4) is 0 Å². The minimum atomic E-state index is -0.280. The summed E-state index contributed by atoms with van der Waals surface area (Å²) in [5.74, 6) is 0.419. The van der Waals surface area contributed by atoms with E-state index < -0.39 is 0 Å². The van der Waals surface area contributed by atoms with E-state index >= 15 is 0 Å². The van der Waals surface area contributed by atoms with Crippen molar-refractivity contribution in [2.75, 3.05) is 5.32 Å². The number of hydrogen-bond acceptors (Lipinski definition) is 6. The van der Waals surface area contributed by atoms with Crippen LogP contribution >= 0.6 is 11.3 Å². The van der Waals surface area contributed by atoms with Gasteiger partial charge in [0.05, 0.1) is 35.2 Å². The first-order valence-electron chi connectivity index (χ1n) is 10.5. The zero-order valence-electron chi connectivity index (χ0n) is 17.7. The van der Waals surface area contributed by atoms with Crippen LogP contribution in [-0.4, -0.2) is 26.8 Å². The molecule has 2 amide bonds. The number of anilines is 1. The second-order valence-electron chi connectivity index (χ2n) is 7.71. The maximum Gasteiger partial charge on any atom is 0.259 e. The number of para-hydroxylation sites is 1. The van der Waals surface area contributed by atoms with E-state index in [4.69, 9.17) is 4.74 Å². The molecule has 0 spiro atoms. The minimum absolute atomic E-state index is 0.258. The third-order valence-electron chi connectivity index (χ3n) is 5.49. The number of nitrogens with zero attached hydrogens (tertiary/aromatic N) is 2. The zero-order valence-corrected chi connectivity index (χ0v) is 18.5. The Bertz CT molecular complexity index is 1570. The number of aromatic amines is 1. The van der Waals surface area contributed by atoms with Crippen molar-refractivity contribution in [2.45, 2.75) is 6.54 Å². The van der Waals surface area contributed by atoms with E-state index in [2.05, 4.69) is 25.6 Å². The van der Waals surface area contributed by atoms with Gasteiger partial charge in [0.25, 0.3) is 11.8 Å². The number of hydrogen-bond donors (Lipinski definition) is 3. The Labute approximate surface area is 197 Å². The number of imidazole rings is 1. The number of thiazole rings is 1. The van der Waals surface area contributed by atoms with Crippen LogP contribution in [0.1, 0.15) is 25.6 Å². The maximum absolute atomic E-state index is 12.8. The van der Waals surface area contributed by atoms with Crippen molar-refractivity contribution in [2.24, 2.45) is 0 Å². The third-order valence-corrected chi connectivity index (χ3v) is 6.53. The fourth-order valence-corrected chi connectivity index (χ4v) is 4.61. The largest absolute Gasteiger partial charge is 0.454 e. The summed E-state index contributed by atoms with van der Waals surface area (Å²) < 4.78 is 5.88. The van der Waals surface area contributed by atoms with Gasteiger partial charge in [-0.25, -0.2) is 9.97 Å². The number of amides is 2. The fourth-order valence-electron chi connectivity index (χ4n) is 3.77. The molecule has 0 radical (unpaired) electrons. The van der Waals surface area contributed by atoms with Gasteiger partial charge in [-0.05, 0) is 48.5 Å². The van der Waals surface area contributed by atoms with Crippen molar-refractivity contribution in [3.05, 3.63) is 89.2 Å². The van der Waals surface area contributed by atoms with E-state index in [0.29, 0.717) is 34.9 Å². The number of nitrogens with one attached hydrogen (secondary N) is 3. The molecule has 1 aliphatic rings. The van der Waals surface area contributed by atoms with Crippen molar-refractivity contribution in [3.8, 4) is 22.1 Å². The summed E-state index contributed by atoms with van der Waals surface area (Å²) in [7, 11) is 0. The monoisotopic (exact) mass is 467 g/mol. The van der Waals surface area contributed by atoms with Crippen molar-refractivity contribution >= 4 is 39.9 Å². The molecule has 5 aromatic rings. The summed E-state index contributed by atoms with van der Waals surface area (Å²) in [6, 6.07) is 17.9. The Hall–Kier alpha value is -4.50. The summed E-state index contributed by atoms with van der Waals surface area (Å²) >= 11 is 1.51. The van der Waals surface area contributed by atoms with E-state index in [1.54, 1.807) is 55.0 Å². The van der Waals surface area contributed by atoms with Gasteiger partial charge in [-0.15, -0.1) is 11.3 Å². The Morgan fingerprint density at radius 1 is 1.03 bits per heavy atom. The van der Waals surface area contributed by atoms with Crippen LogP contribution in [0.15, 0.2) is 73.2 Å². The SMILES string of the molecule is O=C(NCc1cnc(-c2ccc3[nH]cnc3c2)s1)c1ccc2c(c1)NC(=O)c1ccccc1O2. The predicted molar refractivity (Wildman–Crippen MR) is 129 cm³/mol. The number of ether oxygens (including phenoxy) is 1. The molecule has 166 valence electrons. The zero-order chi connectivity index (χ0) is 23.1. The van der Waals surface area contributed by atoms with Crippen molar-refractivity contribution in [1.29, 1.82) is 0 Å². The second-order valence-corrected chi connectivity index (χ2v) is 8.83. The number of aromatic nitrogens is 3. The first-order chi connectivity index (χ1) is 16.6. The number of fused-ring (bicyclic) bond motifs is 3. The minimum Gasteiger partial charge on any atom is -0.454 e. The van der Waals surface area contributed by atoms with Gasteiger partial charge in [-0.2, -0.15) is 0 Å². The summed E-state index contributed by atoms with van der Waals surface area (Å²) in [6.45, 7) is 0.340. The van der Waals surface area contributed by atoms with Gasteiger partial charge in [0.1, 0.15) is 10.8 Å². The fraction of sp³-hybridized carbons (Fsp3) is 0.0400. The molecule has 3 aromatic carbocycles. The van der Waals surface area contributed by atoms with Gasteiger partial charge >= 0.3 is 0 Å². The Morgan fingerprint density at radius 2 is 1.94 bits per heavy atom. The number of benzene rings is 3. The quantitative estimate of drug-likeness (QED) is 0.346. The standard InChI is InChI=1S/C25H17N5O3S/c31-23(14-6-8-22-20(9-14)30-24(32)17-3-1-2-4-21(17)33-22)26-11-16-12-27-25(34-16)15-5-7-18-19(10-15)29-13-28-18/h1-10,12-13H,11H2,(H,26,31)(H,28,29)(H,30,32). The molecular weight excluding hydrogens is 450 g/mol. The molecule has 8 nitrogen and oxygen atoms in total. The highest BCUT2D eigenvalue weighted by Gasteiger charge is 2.21. The molecule has 6 rings (SSSR count). The molecule has 3 N–H and O–H groups in total. The van der Waals surface area contributed by atoms with E-state index in [-0.39, 0.29) is 11.8 Å². The van der Waals surface area contributed by atoms with E-state index in [9.17, 15) is 9.59 Å². The molecule has 0 bridgehead atoms. The average molecular weight is 468 g/mol. The Balaban J connectivity index is 1.16. The van der Waals surface area contributed by atoms with Crippen LogP contribution in [-0.2, 0) is 6.54 Å². The normalized spacial score (nSPS) is 12.3. The smallest absolute Gasteiger partial charge is 0.259 e. The Morgan fingerprint density at radius 3 is 2.88 bits per heavy atom. The highest BCUT2D eigenvalue weighted by atomic mass is 32.1. The number of carbonyl (C=O) groups is 2. The molecule has 3 heterocycles. The Kier molecular flexibility index (Phi) is 4.81. The summed E-state index contributed by atoms with van der Waals surface area (Å²) in [6.07, 6.45) is 3.42. The molecular formula is C25H17N5O3S. The van der Waals surface area contributed by atoms with Crippen LogP contribution in [0.2, 0.25) is 0 Å². The molecule has 0 fully saturated rings. The molecule has 0 atom stereocenters. The lowest BCUT2D eigenvalue weighted by Crippen LogP contribution is -2.22. The lowest BCUT2D eigenvalue weighted by atomic mass is 10.1. The van der Waals surface area contributed by atoms with Gasteiger partial charge in [0.2, 0.25) is 0 Å². The van der Waals surface area contributed by atoms with Crippen LogP contribution in [0, 0.1) is 0 Å². The van der Waals surface area contributed by atoms with Gasteiger partial charge in [-0.3, -0.25) is 9.59 Å². The average Bonchev–Trinajstić information content (AvgIpc) is 3.50. The summed E-state index contributed by atoms with van der Waals surface area (Å²) in [5.41, 5.74) is 4.13. The molecule has 34 heavy (non-hydrogen) atoms. The number of rotatable bonds is 4. The molecule has 9 heteroatoms. The molecule has 0 aliphatic carbocycles. The molecule has 2 aromatic heterocycles. The number of H-pyrrole nitrogens is 1. The highest BCUT2D eigenvalue weighted by Crippen LogP contribution is 2.36. The molecule has 0 unspecified atom stereocenters. The molecule has 1 aliphatic heterocycles. The number of carbonyl (C=O) groups excluding carboxylic acids is 2. The first-order valence-corrected chi connectivity index (χ1v) is 11.3. The second kappa shape index (κ2) is 8.13. The summed E-state index contributed by atoms with van der Waals surface area (Å²) in [5, 5.41) is 6.60. The van der Waals surface area contributed by atoms with Crippen LogP contribution < -0.4 is 15.4 Å². The third kappa shape index (κ3) is 3.67. The van der Waals surface area contributed by atoms with Gasteiger partial charge in [0.15, 0.2) is 5.75 Å². The first kappa shape index (κ1) is 20.1. The van der Waals surface area contributed by atoms with E-state index in [0.717, 1.165) is 26.5 Å². The van der Waals surface area contributed by atoms with Crippen LogP contribution in [0.25, 0.3) is 21.6 Å². The van der Waals surface area contributed by atoms with Crippen LogP contribution in [0.4, 0.5) is 5.69 Å². The van der Waals surface area contributed by atoms with Crippen molar-refractivity contribution in [3.63, 3.8) is 0 Å². The van der Waals surface area contributed by atoms with E-state index in [1.807, 2.05) is 18.2 Å². The lowest BCUT2D eigenvalue weighted by molar-refractivity contribution is 0.0950. The lowest BCUT2D eigenvalue weighted by Gasteiger charge is -2.10.